The van der Waals surface area contributed by atoms with Crippen LogP contribution >= 0.6 is 11.6 Å². The van der Waals surface area contributed by atoms with Crippen molar-refractivity contribution in [1.82, 2.24) is 14.9 Å². The molecule has 4 nitrogen and oxygen atoms in total. The van der Waals surface area contributed by atoms with Gasteiger partial charge in [-0.05, 0) is 26.9 Å². The van der Waals surface area contributed by atoms with Crippen LogP contribution in [0.1, 0.15) is 12.8 Å². The molecule has 2 rings (SSSR count). The first kappa shape index (κ1) is 11.6. The maximum Gasteiger partial charge on any atom is 0.225 e. The van der Waals surface area contributed by atoms with Crippen LogP contribution in [0, 0.1) is 0 Å². The molecule has 1 saturated heterocycles. The molecule has 1 aliphatic heterocycles. The fraction of sp³-hybridized carbons (Fsp3) is 0.636. The second-order valence-electron chi connectivity index (χ2n) is 4.38. The van der Waals surface area contributed by atoms with Gasteiger partial charge >= 0.3 is 0 Å². The standard InChI is InChI=1S/C11H17ClN4/c1-15(2)10-3-5-16(6-4-10)11-13-7-9(12)8-14-11/h7-8,10H,3-6H2,1-2H3. The van der Waals surface area contributed by atoms with E-state index in [1.165, 1.54) is 12.8 Å². The number of halogens is 1. The predicted molar refractivity (Wildman–Crippen MR) is 66.0 cm³/mol. The Bertz CT molecular complexity index is 330. The third kappa shape index (κ3) is 2.62. The van der Waals surface area contributed by atoms with Gasteiger partial charge in [0.2, 0.25) is 5.95 Å². The van der Waals surface area contributed by atoms with Crippen LogP contribution in [0.2, 0.25) is 5.02 Å². The molecule has 1 aliphatic rings. The molecule has 0 saturated carbocycles. The summed E-state index contributed by atoms with van der Waals surface area (Å²) in [5.74, 6) is 0.793. The zero-order chi connectivity index (χ0) is 11.5. The van der Waals surface area contributed by atoms with Crippen molar-refractivity contribution in [1.29, 1.82) is 0 Å². The average Bonchev–Trinajstić information content (AvgIpc) is 2.30. The molecule has 0 amide bonds. The van der Waals surface area contributed by atoms with Crippen molar-refractivity contribution >= 4 is 17.5 Å². The highest BCUT2D eigenvalue weighted by Gasteiger charge is 2.21. The molecular formula is C11H17ClN4. The zero-order valence-corrected chi connectivity index (χ0v) is 10.5. The van der Waals surface area contributed by atoms with Crippen LogP contribution in [0.5, 0.6) is 0 Å². The lowest BCUT2D eigenvalue weighted by molar-refractivity contribution is 0.249. The molecular weight excluding hydrogens is 224 g/mol. The summed E-state index contributed by atoms with van der Waals surface area (Å²) in [6, 6.07) is 0.684. The SMILES string of the molecule is CN(C)C1CCN(c2ncc(Cl)cn2)CC1. The minimum Gasteiger partial charge on any atom is -0.341 e. The predicted octanol–water partition coefficient (Wildman–Crippen LogP) is 1.66. The Labute approximate surface area is 101 Å². The maximum atomic E-state index is 5.77. The molecule has 0 spiro atoms. The first-order valence-corrected chi connectivity index (χ1v) is 5.93. The smallest absolute Gasteiger partial charge is 0.225 e. The van der Waals surface area contributed by atoms with E-state index in [1.54, 1.807) is 12.4 Å². The molecule has 0 aromatic carbocycles. The number of hydrogen-bond acceptors (Lipinski definition) is 4. The van der Waals surface area contributed by atoms with E-state index in [0.717, 1.165) is 19.0 Å². The lowest BCUT2D eigenvalue weighted by atomic mass is 10.0. The minimum absolute atomic E-state index is 0.590. The summed E-state index contributed by atoms with van der Waals surface area (Å²) in [6.07, 6.45) is 5.64. The van der Waals surface area contributed by atoms with Crippen molar-refractivity contribution in [3.63, 3.8) is 0 Å². The molecule has 88 valence electrons. The number of anilines is 1. The monoisotopic (exact) mass is 240 g/mol. The maximum absolute atomic E-state index is 5.77. The fourth-order valence-electron chi connectivity index (χ4n) is 2.05. The van der Waals surface area contributed by atoms with Gasteiger partial charge in [-0.15, -0.1) is 0 Å². The van der Waals surface area contributed by atoms with Crippen LogP contribution in [-0.4, -0.2) is 48.1 Å². The molecule has 0 radical (unpaired) electrons. The quantitative estimate of drug-likeness (QED) is 0.787. The molecule has 5 heteroatoms. The Morgan fingerprint density at radius 3 is 2.31 bits per heavy atom. The van der Waals surface area contributed by atoms with Crippen molar-refractivity contribution in [3.05, 3.63) is 17.4 Å². The van der Waals surface area contributed by atoms with Gasteiger partial charge in [-0.2, -0.15) is 0 Å². The Morgan fingerprint density at radius 2 is 1.81 bits per heavy atom. The number of piperidine rings is 1. The zero-order valence-electron chi connectivity index (χ0n) is 9.73. The third-order valence-corrected chi connectivity index (χ3v) is 3.28. The summed E-state index contributed by atoms with van der Waals surface area (Å²) in [6.45, 7) is 2.04. The van der Waals surface area contributed by atoms with Gasteiger partial charge in [0.25, 0.3) is 0 Å². The van der Waals surface area contributed by atoms with Crippen LogP contribution < -0.4 is 4.90 Å². The lowest BCUT2D eigenvalue weighted by Gasteiger charge is -2.35. The van der Waals surface area contributed by atoms with Crippen molar-refractivity contribution in [2.75, 3.05) is 32.1 Å². The first-order valence-electron chi connectivity index (χ1n) is 5.56. The molecule has 1 fully saturated rings. The van der Waals surface area contributed by atoms with Gasteiger partial charge in [-0.3, -0.25) is 0 Å². The molecule has 0 unspecified atom stereocenters. The summed E-state index contributed by atoms with van der Waals surface area (Å²) in [5.41, 5.74) is 0. The number of aromatic nitrogens is 2. The molecule has 2 heterocycles. The van der Waals surface area contributed by atoms with Crippen molar-refractivity contribution < 1.29 is 0 Å². The Hall–Kier alpha value is -0.870. The third-order valence-electron chi connectivity index (χ3n) is 3.08. The van der Waals surface area contributed by atoms with Crippen LogP contribution in [0.3, 0.4) is 0 Å². The van der Waals surface area contributed by atoms with Crippen LogP contribution in [0.4, 0.5) is 5.95 Å². The van der Waals surface area contributed by atoms with Crippen molar-refractivity contribution in [3.8, 4) is 0 Å². The Kier molecular flexibility index (Phi) is 3.61. The summed E-state index contributed by atoms with van der Waals surface area (Å²) in [5, 5.41) is 0.590. The highest BCUT2D eigenvalue weighted by molar-refractivity contribution is 6.30. The highest BCUT2D eigenvalue weighted by Crippen LogP contribution is 2.18. The molecule has 1 aromatic rings. The summed E-state index contributed by atoms with van der Waals surface area (Å²) >= 11 is 5.77. The first-order chi connectivity index (χ1) is 7.66. The van der Waals surface area contributed by atoms with Crippen LogP contribution in [0.15, 0.2) is 12.4 Å². The number of hydrogen-bond donors (Lipinski definition) is 0. The van der Waals surface area contributed by atoms with Gasteiger partial charge in [0.15, 0.2) is 0 Å². The van der Waals surface area contributed by atoms with E-state index >= 15 is 0 Å². The summed E-state index contributed by atoms with van der Waals surface area (Å²) in [7, 11) is 4.28. The molecule has 0 bridgehead atoms. The Balaban J connectivity index is 1.96. The second kappa shape index (κ2) is 4.97. The number of rotatable bonds is 2. The summed E-state index contributed by atoms with van der Waals surface area (Å²) in [4.78, 5) is 13.0. The van der Waals surface area contributed by atoms with E-state index in [1.807, 2.05) is 0 Å². The fourth-order valence-corrected chi connectivity index (χ4v) is 2.15. The van der Waals surface area contributed by atoms with E-state index in [0.29, 0.717) is 11.1 Å². The van der Waals surface area contributed by atoms with Gasteiger partial charge in [0.1, 0.15) is 0 Å². The average molecular weight is 241 g/mol. The topological polar surface area (TPSA) is 32.3 Å². The van der Waals surface area contributed by atoms with Gasteiger partial charge in [0.05, 0.1) is 17.4 Å². The van der Waals surface area contributed by atoms with E-state index in [9.17, 15) is 0 Å². The number of nitrogens with zero attached hydrogens (tertiary/aromatic N) is 4. The van der Waals surface area contributed by atoms with Gasteiger partial charge in [-0.25, -0.2) is 9.97 Å². The molecule has 1 aromatic heterocycles. The molecule has 0 atom stereocenters. The van der Waals surface area contributed by atoms with E-state index < -0.39 is 0 Å². The van der Waals surface area contributed by atoms with Gasteiger partial charge in [-0.1, -0.05) is 11.6 Å². The van der Waals surface area contributed by atoms with Crippen molar-refractivity contribution in [2.45, 2.75) is 18.9 Å². The second-order valence-corrected chi connectivity index (χ2v) is 4.82. The molecule has 16 heavy (non-hydrogen) atoms. The van der Waals surface area contributed by atoms with Crippen molar-refractivity contribution in [2.24, 2.45) is 0 Å². The minimum atomic E-state index is 0.590. The highest BCUT2D eigenvalue weighted by atomic mass is 35.5. The van der Waals surface area contributed by atoms with E-state index in [4.69, 9.17) is 11.6 Å². The van der Waals surface area contributed by atoms with E-state index in [2.05, 4.69) is 33.9 Å². The van der Waals surface area contributed by atoms with Crippen LogP contribution in [0.25, 0.3) is 0 Å². The normalized spacial score (nSPS) is 18.1. The molecule has 0 aliphatic carbocycles. The van der Waals surface area contributed by atoms with Gasteiger partial charge < -0.3 is 9.80 Å². The van der Waals surface area contributed by atoms with Gasteiger partial charge in [0, 0.05) is 19.1 Å². The Morgan fingerprint density at radius 1 is 1.25 bits per heavy atom. The lowest BCUT2D eigenvalue weighted by Crippen LogP contribution is -2.42. The summed E-state index contributed by atoms with van der Waals surface area (Å²) < 4.78 is 0. The van der Waals surface area contributed by atoms with Crippen LogP contribution in [-0.2, 0) is 0 Å². The largest absolute Gasteiger partial charge is 0.341 e. The molecule has 0 N–H and O–H groups in total. The van der Waals surface area contributed by atoms with E-state index in [-0.39, 0.29) is 0 Å².